The molecular formula is C26H18F3N3O4. The van der Waals surface area contributed by atoms with Crippen molar-refractivity contribution < 1.29 is 27.6 Å². The van der Waals surface area contributed by atoms with E-state index in [1.807, 2.05) is 30.3 Å². The fraction of sp³-hybridized carbons (Fsp3) is 0.0769. The van der Waals surface area contributed by atoms with Crippen LogP contribution in [-0.4, -0.2) is 17.0 Å². The predicted molar refractivity (Wildman–Crippen MR) is 128 cm³/mol. The average molecular weight is 493 g/mol. The molecule has 0 aliphatic heterocycles. The van der Waals surface area contributed by atoms with Crippen LogP contribution in [0.1, 0.15) is 27.0 Å². The average Bonchev–Trinajstić information content (AvgIpc) is 2.87. The fourth-order valence-electron chi connectivity index (χ4n) is 3.51. The molecule has 0 aliphatic carbocycles. The highest BCUT2D eigenvalue weighted by Gasteiger charge is 2.30. The number of non-ortho nitro benzene ring substituents is 1. The smallest absolute Gasteiger partial charge is 0.416 e. The van der Waals surface area contributed by atoms with Crippen LogP contribution in [0, 0.1) is 10.1 Å². The number of halogens is 3. The van der Waals surface area contributed by atoms with Crippen LogP contribution in [0.3, 0.4) is 0 Å². The summed E-state index contributed by atoms with van der Waals surface area (Å²) in [5, 5.41) is 16.6. The van der Waals surface area contributed by atoms with Gasteiger partial charge in [-0.15, -0.1) is 0 Å². The number of alkyl halides is 3. The van der Waals surface area contributed by atoms with E-state index in [4.69, 9.17) is 4.74 Å². The van der Waals surface area contributed by atoms with Crippen molar-refractivity contribution in [2.75, 3.05) is 0 Å². The Morgan fingerprint density at radius 3 is 2.56 bits per heavy atom. The van der Waals surface area contributed by atoms with Gasteiger partial charge in [-0.1, -0.05) is 48.5 Å². The molecule has 0 saturated heterocycles. The Hall–Kier alpha value is -4.73. The van der Waals surface area contributed by atoms with E-state index >= 15 is 0 Å². The normalized spacial score (nSPS) is 11.5. The van der Waals surface area contributed by atoms with Gasteiger partial charge in [0.1, 0.15) is 12.4 Å². The largest absolute Gasteiger partial charge is 0.488 e. The number of fused-ring (bicyclic) bond motifs is 1. The molecule has 0 atom stereocenters. The van der Waals surface area contributed by atoms with Crippen molar-refractivity contribution in [2.24, 2.45) is 5.10 Å². The van der Waals surface area contributed by atoms with Gasteiger partial charge in [0.2, 0.25) is 0 Å². The second-order valence-electron chi connectivity index (χ2n) is 7.69. The van der Waals surface area contributed by atoms with Crippen LogP contribution in [0.25, 0.3) is 10.8 Å². The number of ether oxygens (including phenoxy) is 1. The first-order valence-electron chi connectivity index (χ1n) is 10.6. The maximum Gasteiger partial charge on any atom is 0.416 e. The van der Waals surface area contributed by atoms with Crippen LogP contribution >= 0.6 is 0 Å². The SMILES string of the molecule is O=C(N/N=C\c1c(OCc2cccc([N+](=O)[O-])c2)ccc2ccccc12)c1cccc(C(F)(F)F)c1. The summed E-state index contributed by atoms with van der Waals surface area (Å²) in [5.41, 5.74) is 2.15. The van der Waals surface area contributed by atoms with Gasteiger partial charge in [-0.3, -0.25) is 14.9 Å². The van der Waals surface area contributed by atoms with Crippen LogP contribution < -0.4 is 10.2 Å². The zero-order chi connectivity index (χ0) is 25.7. The van der Waals surface area contributed by atoms with Gasteiger partial charge in [-0.2, -0.15) is 18.3 Å². The highest BCUT2D eigenvalue weighted by Crippen LogP contribution is 2.30. The van der Waals surface area contributed by atoms with Crippen molar-refractivity contribution in [3.63, 3.8) is 0 Å². The molecule has 4 aromatic rings. The summed E-state index contributed by atoms with van der Waals surface area (Å²) < 4.78 is 44.7. The lowest BCUT2D eigenvalue weighted by atomic mass is 10.0. The van der Waals surface area contributed by atoms with Crippen molar-refractivity contribution in [3.05, 3.63) is 117 Å². The Kier molecular flexibility index (Phi) is 6.95. The molecule has 4 aromatic carbocycles. The molecule has 10 heteroatoms. The van der Waals surface area contributed by atoms with Crippen molar-refractivity contribution in [1.82, 2.24) is 5.43 Å². The first-order valence-corrected chi connectivity index (χ1v) is 10.6. The lowest BCUT2D eigenvalue weighted by Gasteiger charge is -2.12. The molecular weight excluding hydrogens is 475 g/mol. The Balaban J connectivity index is 1.57. The minimum Gasteiger partial charge on any atom is -0.488 e. The maximum atomic E-state index is 12.9. The Morgan fingerprint density at radius 1 is 1.00 bits per heavy atom. The molecule has 7 nitrogen and oxygen atoms in total. The highest BCUT2D eigenvalue weighted by molar-refractivity contribution is 6.03. The summed E-state index contributed by atoms with van der Waals surface area (Å²) >= 11 is 0. The van der Waals surface area contributed by atoms with Gasteiger partial charge in [0.05, 0.1) is 16.7 Å². The number of nitrogens with zero attached hydrogens (tertiary/aromatic N) is 2. The summed E-state index contributed by atoms with van der Waals surface area (Å²) in [6, 6.07) is 21.0. The number of amides is 1. The molecule has 4 rings (SSSR count). The number of hydrazone groups is 1. The van der Waals surface area contributed by atoms with Gasteiger partial charge < -0.3 is 4.74 Å². The van der Waals surface area contributed by atoms with Gasteiger partial charge in [-0.05, 0) is 40.6 Å². The monoisotopic (exact) mass is 493 g/mol. The van der Waals surface area contributed by atoms with E-state index in [0.29, 0.717) is 16.9 Å². The Labute approximate surface area is 203 Å². The minimum atomic E-state index is -4.58. The van der Waals surface area contributed by atoms with Crippen molar-refractivity contribution in [1.29, 1.82) is 0 Å². The molecule has 1 amide bonds. The first-order chi connectivity index (χ1) is 17.2. The number of hydrogen-bond donors (Lipinski definition) is 1. The topological polar surface area (TPSA) is 93.8 Å². The second kappa shape index (κ2) is 10.3. The summed E-state index contributed by atoms with van der Waals surface area (Å²) in [5.74, 6) is -0.408. The van der Waals surface area contributed by atoms with Crippen LogP contribution in [-0.2, 0) is 12.8 Å². The van der Waals surface area contributed by atoms with Crippen molar-refractivity contribution in [3.8, 4) is 5.75 Å². The predicted octanol–water partition coefficient (Wildman–Crippen LogP) is 6.11. The van der Waals surface area contributed by atoms with E-state index in [0.717, 1.165) is 29.0 Å². The number of nitrogens with one attached hydrogen (secondary N) is 1. The lowest BCUT2D eigenvalue weighted by molar-refractivity contribution is -0.384. The summed E-state index contributed by atoms with van der Waals surface area (Å²) in [7, 11) is 0. The Bertz CT molecular complexity index is 1470. The van der Waals surface area contributed by atoms with E-state index in [9.17, 15) is 28.1 Å². The standard InChI is InChI=1S/C26H18F3N3O4/c27-26(28,29)20-8-4-7-19(14-20)25(33)31-30-15-23-22-10-2-1-6-18(22)11-12-24(23)36-16-17-5-3-9-21(13-17)32(34)35/h1-15H,16H2,(H,31,33)/b30-15-. The summed E-state index contributed by atoms with van der Waals surface area (Å²) in [4.78, 5) is 22.9. The first kappa shape index (κ1) is 24.4. The molecule has 182 valence electrons. The molecule has 0 unspecified atom stereocenters. The van der Waals surface area contributed by atoms with Crippen LogP contribution in [0.5, 0.6) is 5.75 Å². The summed E-state index contributed by atoms with van der Waals surface area (Å²) in [6.07, 6.45) is -3.23. The molecule has 0 aromatic heterocycles. The van der Waals surface area contributed by atoms with Gasteiger partial charge in [-0.25, -0.2) is 5.43 Å². The van der Waals surface area contributed by atoms with Crippen molar-refractivity contribution in [2.45, 2.75) is 12.8 Å². The molecule has 36 heavy (non-hydrogen) atoms. The number of benzene rings is 4. The number of carbonyl (C=O) groups is 1. The second-order valence-corrected chi connectivity index (χ2v) is 7.69. The maximum absolute atomic E-state index is 12.9. The molecule has 0 aliphatic rings. The minimum absolute atomic E-state index is 0.0391. The molecule has 0 radical (unpaired) electrons. The van der Waals surface area contributed by atoms with Gasteiger partial charge in [0.25, 0.3) is 11.6 Å². The van der Waals surface area contributed by atoms with E-state index in [1.54, 1.807) is 18.2 Å². The number of nitro benzene ring substituents is 1. The quantitative estimate of drug-likeness (QED) is 0.191. The third-order valence-electron chi connectivity index (χ3n) is 5.26. The fourth-order valence-corrected chi connectivity index (χ4v) is 3.51. The third-order valence-corrected chi connectivity index (χ3v) is 5.26. The highest BCUT2D eigenvalue weighted by atomic mass is 19.4. The van der Waals surface area contributed by atoms with Gasteiger partial charge in [0, 0.05) is 23.3 Å². The molecule has 1 N–H and O–H groups in total. The molecule has 0 heterocycles. The van der Waals surface area contributed by atoms with Crippen LogP contribution in [0.2, 0.25) is 0 Å². The molecule has 0 spiro atoms. The molecule has 0 bridgehead atoms. The van der Waals surface area contributed by atoms with Crippen LogP contribution in [0.4, 0.5) is 18.9 Å². The summed E-state index contributed by atoms with van der Waals surface area (Å²) in [6.45, 7) is 0.0391. The van der Waals surface area contributed by atoms with Crippen LogP contribution in [0.15, 0.2) is 90.0 Å². The third kappa shape index (κ3) is 5.66. The zero-order valence-corrected chi connectivity index (χ0v) is 18.5. The van der Waals surface area contributed by atoms with Crippen molar-refractivity contribution >= 4 is 28.6 Å². The van der Waals surface area contributed by atoms with E-state index in [1.165, 1.54) is 24.4 Å². The lowest BCUT2D eigenvalue weighted by Crippen LogP contribution is -2.18. The zero-order valence-electron chi connectivity index (χ0n) is 18.5. The molecule has 0 fully saturated rings. The van der Waals surface area contributed by atoms with E-state index in [2.05, 4.69) is 10.5 Å². The number of hydrogen-bond acceptors (Lipinski definition) is 5. The van der Waals surface area contributed by atoms with Gasteiger partial charge >= 0.3 is 6.18 Å². The Morgan fingerprint density at radius 2 is 1.78 bits per heavy atom. The molecule has 0 saturated carbocycles. The number of carbonyl (C=O) groups excluding carboxylic acids is 1. The van der Waals surface area contributed by atoms with E-state index in [-0.39, 0.29) is 17.9 Å². The number of rotatable bonds is 7. The van der Waals surface area contributed by atoms with Gasteiger partial charge in [0.15, 0.2) is 0 Å². The van der Waals surface area contributed by atoms with E-state index < -0.39 is 22.6 Å². The number of nitro groups is 1.